The van der Waals surface area contributed by atoms with Crippen LogP contribution in [0.1, 0.15) is 36.5 Å². The summed E-state index contributed by atoms with van der Waals surface area (Å²) in [6, 6.07) is 7.99. The number of hydrogen-bond donors (Lipinski definition) is 0. The van der Waals surface area contributed by atoms with Gasteiger partial charge in [0.2, 0.25) is 0 Å². The van der Waals surface area contributed by atoms with Gasteiger partial charge in [-0.05, 0) is 91.0 Å². The van der Waals surface area contributed by atoms with E-state index in [0.717, 1.165) is 42.6 Å². The maximum atomic E-state index is 13.1. The van der Waals surface area contributed by atoms with Crippen LogP contribution in [0.3, 0.4) is 0 Å². The van der Waals surface area contributed by atoms with Crippen molar-refractivity contribution < 1.29 is 32.2 Å². The molecule has 0 radical (unpaired) electrons. The normalized spacial score (nSPS) is 12.2. The number of halogens is 4. The second-order valence-electron chi connectivity index (χ2n) is 7.44. The van der Waals surface area contributed by atoms with Crippen molar-refractivity contribution in [1.29, 1.82) is 0 Å². The predicted molar refractivity (Wildman–Crippen MR) is 130 cm³/mol. The van der Waals surface area contributed by atoms with Crippen molar-refractivity contribution in [2.24, 2.45) is 5.16 Å². The zero-order valence-corrected chi connectivity index (χ0v) is 21.3. The summed E-state index contributed by atoms with van der Waals surface area (Å²) in [5.41, 5.74) is 0.783. The lowest BCUT2D eigenvalue weighted by Gasteiger charge is -2.15. The highest BCUT2D eigenvalue weighted by Crippen LogP contribution is 2.31. The molecule has 9 heteroatoms. The summed E-state index contributed by atoms with van der Waals surface area (Å²) < 4.78 is 57.1. The number of benzene rings is 2. The largest absolute Gasteiger partial charge is 0.493 e. The van der Waals surface area contributed by atoms with E-state index in [2.05, 4.69) is 25.9 Å². The van der Waals surface area contributed by atoms with E-state index in [4.69, 9.17) is 14.2 Å². The van der Waals surface area contributed by atoms with E-state index in [1.165, 1.54) is 18.2 Å². The molecule has 0 saturated heterocycles. The first-order chi connectivity index (χ1) is 16.2. The molecular formula is C25H29BrF3NO4. The Kier molecular flexibility index (Phi) is 10.8. The molecule has 34 heavy (non-hydrogen) atoms. The molecule has 0 aliphatic heterocycles. The van der Waals surface area contributed by atoms with Gasteiger partial charge in [0.15, 0.2) is 5.71 Å². The van der Waals surface area contributed by atoms with Crippen LogP contribution in [0, 0.1) is 13.8 Å². The van der Waals surface area contributed by atoms with Crippen molar-refractivity contribution in [1.82, 2.24) is 0 Å². The zero-order chi connectivity index (χ0) is 25.1. The van der Waals surface area contributed by atoms with Gasteiger partial charge in [-0.1, -0.05) is 17.3 Å². The third-order valence-corrected chi connectivity index (χ3v) is 5.33. The Morgan fingerprint density at radius 1 is 1.00 bits per heavy atom. The first-order valence-electron chi connectivity index (χ1n) is 10.8. The van der Waals surface area contributed by atoms with Crippen molar-refractivity contribution in [2.45, 2.75) is 39.8 Å². The average Bonchev–Trinajstić information content (AvgIpc) is 2.76. The highest BCUT2D eigenvalue weighted by atomic mass is 79.9. The summed E-state index contributed by atoms with van der Waals surface area (Å²) in [6.45, 7) is 7.36. The van der Waals surface area contributed by atoms with Crippen molar-refractivity contribution in [2.75, 3.05) is 26.9 Å². The van der Waals surface area contributed by atoms with E-state index in [0.29, 0.717) is 30.0 Å². The molecule has 2 rings (SSSR count). The number of hydrogen-bond acceptors (Lipinski definition) is 5. The van der Waals surface area contributed by atoms with Crippen LogP contribution in [0.4, 0.5) is 13.2 Å². The SMILES string of the molecule is C/C=C/COc1cc(C)c(OCCCCOc2ccc(C(=NOC)C(F)(F)F)cc2Br)c(C)c1. The Bertz CT molecular complexity index is 983. The van der Waals surface area contributed by atoms with Gasteiger partial charge in [-0.2, -0.15) is 13.2 Å². The molecule has 0 amide bonds. The molecule has 0 N–H and O–H groups in total. The molecule has 2 aromatic carbocycles. The Morgan fingerprint density at radius 2 is 1.65 bits per heavy atom. The van der Waals surface area contributed by atoms with E-state index in [1.54, 1.807) is 0 Å². The first kappa shape index (κ1) is 27.6. The van der Waals surface area contributed by atoms with Gasteiger partial charge in [0.1, 0.15) is 31.0 Å². The van der Waals surface area contributed by atoms with E-state index in [9.17, 15) is 13.2 Å². The molecule has 0 spiro atoms. The van der Waals surface area contributed by atoms with E-state index in [1.807, 2.05) is 45.1 Å². The highest BCUT2D eigenvalue weighted by Gasteiger charge is 2.38. The molecule has 0 saturated carbocycles. The zero-order valence-electron chi connectivity index (χ0n) is 19.7. The summed E-state index contributed by atoms with van der Waals surface area (Å²) in [4.78, 5) is 4.33. The minimum Gasteiger partial charge on any atom is -0.493 e. The van der Waals surface area contributed by atoms with Gasteiger partial charge in [-0.3, -0.25) is 0 Å². The fourth-order valence-corrected chi connectivity index (χ4v) is 3.64. The smallest absolute Gasteiger partial charge is 0.437 e. The van der Waals surface area contributed by atoms with Gasteiger partial charge >= 0.3 is 6.18 Å². The lowest BCUT2D eigenvalue weighted by Crippen LogP contribution is -2.24. The predicted octanol–water partition coefficient (Wildman–Crippen LogP) is 7.17. The Labute approximate surface area is 206 Å². The quantitative estimate of drug-likeness (QED) is 0.123. The lowest BCUT2D eigenvalue weighted by molar-refractivity contribution is -0.0608. The first-order valence-corrected chi connectivity index (χ1v) is 11.6. The molecule has 0 atom stereocenters. The molecular weight excluding hydrogens is 515 g/mol. The Hall–Kier alpha value is -2.68. The third-order valence-electron chi connectivity index (χ3n) is 4.71. The molecule has 0 aromatic heterocycles. The van der Waals surface area contributed by atoms with Crippen LogP contribution < -0.4 is 14.2 Å². The number of alkyl halides is 3. The molecule has 0 aliphatic rings. The molecule has 5 nitrogen and oxygen atoms in total. The standard InChI is InChI=1S/C25H29BrF3NO4/c1-5-6-11-32-20-14-17(2)23(18(3)15-20)34-13-8-7-12-33-22-10-9-19(16-21(22)26)24(30-31-4)25(27,28)29/h5-6,9-10,14-16H,7-8,11-13H2,1-4H3/b6-5+,30-24?. The van der Waals surface area contributed by atoms with Crippen LogP contribution in [0.15, 0.2) is 52.1 Å². The van der Waals surface area contributed by atoms with Crippen LogP contribution in [-0.2, 0) is 4.84 Å². The molecule has 0 fully saturated rings. The number of rotatable bonds is 12. The maximum Gasteiger partial charge on any atom is 0.437 e. The summed E-state index contributed by atoms with van der Waals surface area (Å²) in [6.07, 6.45) is 0.729. The van der Waals surface area contributed by atoms with Gasteiger partial charge in [0, 0.05) is 5.56 Å². The van der Waals surface area contributed by atoms with E-state index in [-0.39, 0.29) is 5.56 Å². The second-order valence-corrected chi connectivity index (χ2v) is 8.29. The highest BCUT2D eigenvalue weighted by molar-refractivity contribution is 9.10. The van der Waals surface area contributed by atoms with Crippen LogP contribution >= 0.6 is 15.9 Å². The molecule has 186 valence electrons. The Balaban J connectivity index is 1.83. The second kappa shape index (κ2) is 13.3. The van der Waals surface area contributed by atoms with Crippen molar-refractivity contribution >= 4 is 21.6 Å². The van der Waals surface area contributed by atoms with Crippen molar-refractivity contribution in [3.8, 4) is 17.2 Å². The molecule has 0 unspecified atom stereocenters. The topological polar surface area (TPSA) is 49.3 Å². The molecule has 0 aliphatic carbocycles. The van der Waals surface area contributed by atoms with Crippen LogP contribution in [0.25, 0.3) is 0 Å². The minimum absolute atomic E-state index is 0.119. The van der Waals surface area contributed by atoms with E-state index >= 15 is 0 Å². The molecule has 0 bridgehead atoms. The molecule has 2 aromatic rings. The van der Waals surface area contributed by atoms with Gasteiger partial charge in [0.25, 0.3) is 0 Å². The van der Waals surface area contributed by atoms with Crippen molar-refractivity contribution in [3.63, 3.8) is 0 Å². The minimum atomic E-state index is -4.63. The van der Waals surface area contributed by atoms with Crippen LogP contribution in [0.2, 0.25) is 0 Å². The number of oxime groups is 1. The van der Waals surface area contributed by atoms with Crippen molar-refractivity contribution in [3.05, 3.63) is 63.6 Å². The summed E-state index contributed by atoms with van der Waals surface area (Å²) in [5.74, 6) is 2.10. The third kappa shape index (κ3) is 8.27. The monoisotopic (exact) mass is 543 g/mol. The summed E-state index contributed by atoms with van der Waals surface area (Å²) >= 11 is 3.26. The fourth-order valence-electron chi connectivity index (χ4n) is 3.15. The summed E-state index contributed by atoms with van der Waals surface area (Å²) in [5, 5.41) is 3.10. The fraction of sp³-hybridized carbons (Fsp3) is 0.400. The van der Waals surface area contributed by atoms with Crippen LogP contribution in [0.5, 0.6) is 17.2 Å². The number of unbranched alkanes of at least 4 members (excludes halogenated alkanes) is 1. The number of aryl methyl sites for hydroxylation is 2. The Morgan fingerprint density at radius 3 is 2.21 bits per heavy atom. The van der Waals surface area contributed by atoms with Gasteiger partial charge in [-0.15, -0.1) is 0 Å². The molecule has 0 heterocycles. The van der Waals surface area contributed by atoms with Gasteiger partial charge < -0.3 is 19.0 Å². The maximum absolute atomic E-state index is 13.1. The average molecular weight is 544 g/mol. The van der Waals surface area contributed by atoms with Crippen LogP contribution in [-0.4, -0.2) is 38.8 Å². The number of ether oxygens (including phenoxy) is 3. The van der Waals surface area contributed by atoms with E-state index < -0.39 is 11.9 Å². The lowest BCUT2D eigenvalue weighted by atomic mass is 10.1. The number of allylic oxidation sites excluding steroid dienone is 1. The number of nitrogens with zero attached hydrogens (tertiary/aromatic N) is 1. The van der Waals surface area contributed by atoms with Gasteiger partial charge in [-0.25, -0.2) is 0 Å². The van der Waals surface area contributed by atoms with Gasteiger partial charge in [0.05, 0.1) is 17.7 Å². The summed E-state index contributed by atoms with van der Waals surface area (Å²) in [7, 11) is 1.07.